The van der Waals surface area contributed by atoms with Crippen LogP contribution in [0.2, 0.25) is 0 Å². The molecule has 5 aromatic rings. The second-order valence-electron chi connectivity index (χ2n) is 12.0. The molecule has 0 radical (unpaired) electrons. The summed E-state index contributed by atoms with van der Waals surface area (Å²) in [6, 6.07) is 28.2. The van der Waals surface area contributed by atoms with Gasteiger partial charge in [0.25, 0.3) is 20.2 Å². The minimum Gasteiger partial charge on any atom is -0.372 e. The number of fused-ring (bicyclic) bond motifs is 3. The zero-order chi connectivity index (χ0) is 35.7. The highest BCUT2D eigenvalue weighted by atomic mass is 32.2. The standard InChI is InChI=1S/C38H42N4O6S2/c1-3-41(25-5-27-49(43,44)45)35-21-9-29(10-22-35)7-17-33-19-15-31-13-14-32-16-20-34(40-38(32)37(31)39-33)18-8-30-11-23-36(24-12-30)42(4-2)26-6-28-50(46,47)48/h7-24H,3-6,25-28H2,1-2H3,(H,43,44,45)(H,46,47,48)/b17-7+,18-8+. The molecule has 0 fully saturated rings. The van der Waals surface area contributed by atoms with Crippen LogP contribution in [0, 0.1) is 0 Å². The number of pyridine rings is 2. The summed E-state index contributed by atoms with van der Waals surface area (Å²) in [5.74, 6) is -0.513. The molecule has 262 valence electrons. The van der Waals surface area contributed by atoms with E-state index in [1.165, 1.54) is 0 Å². The van der Waals surface area contributed by atoms with Gasteiger partial charge in [0.1, 0.15) is 0 Å². The van der Waals surface area contributed by atoms with E-state index in [0.717, 1.165) is 68.8 Å². The SMILES string of the molecule is CCN(CCCS(=O)(=O)O)c1ccc(/C=C/c2ccc3ccc4ccc(/C=C/c5ccc(N(CC)CCCS(=O)(=O)O)cc5)nc4c3n2)cc1. The Labute approximate surface area is 294 Å². The van der Waals surface area contributed by atoms with E-state index in [2.05, 4.69) is 9.80 Å². The van der Waals surface area contributed by atoms with Crippen molar-refractivity contribution >= 4 is 77.7 Å². The van der Waals surface area contributed by atoms with Crippen LogP contribution in [-0.2, 0) is 20.2 Å². The highest BCUT2D eigenvalue weighted by molar-refractivity contribution is 7.86. The Bertz CT molecular complexity index is 2040. The van der Waals surface area contributed by atoms with Crippen LogP contribution in [0.15, 0.2) is 84.9 Å². The highest BCUT2D eigenvalue weighted by Gasteiger charge is 2.10. The van der Waals surface area contributed by atoms with Gasteiger partial charge < -0.3 is 9.80 Å². The van der Waals surface area contributed by atoms with E-state index in [9.17, 15) is 16.8 Å². The second kappa shape index (κ2) is 16.4. The smallest absolute Gasteiger partial charge is 0.264 e. The summed E-state index contributed by atoms with van der Waals surface area (Å²) < 4.78 is 62.3. The number of benzene rings is 3. The molecule has 0 saturated heterocycles. The van der Waals surface area contributed by atoms with Crippen molar-refractivity contribution in [2.75, 3.05) is 47.5 Å². The molecule has 2 N–H and O–H groups in total. The molecule has 0 aliphatic rings. The molecule has 0 atom stereocenters. The first-order valence-electron chi connectivity index (χ1n) is 16.6. The minimum absolute atomic E-state index is 0.257. The Morgan fingerprint density at radius 2 is 0.900 bits per heavy atom. The maximum Gasteiger partial charge on any atom is 0.264 e. The lowest BCUT2D eigenvalue weighted by molar-refractivity contribution is 0.478. The molecule has 0 saturated carbocycles. The number of anilines is 2. The largest absolute Gasteiger partial charge is 0.372 e. The van der Waals surface area contributed by atoms with Crippen molar-refractivity contribution < 1.29 is 25.9 Å². The summed E-state index contributed by atoms with van der Waals surface area (Å²) >= 11 is 0. The topological polar surface area (TPSA) is 141 Å². The Morgan fingerprint density at radius 1 is 0.540 bits per heavy atom. The summed E-state index contributed by atoms with van der Waals surface area (Å²) in [6.07, 6.45) is 8.65. The second-order valence-corrected chi connectivity index (χ2v) is 15.1. The van der Waals surface area contributed by atoms with Crippen LogP contribution in [0.4, 0.5) is 11.4 Å². The molecule has 0 aliphatic heterocycles. The van der Waals surface area contributed by atoms with Crippen LogP contribution in [0.1, 0.15) is 49.2 Å². The maximum absolute atomic E-state index is 11.1. The van der Waals surface area contributed by atoms with Crippen LogP contribution in [-0.4, -0.2) is 73.6 Å². The van der Waals surface area contributed by atoms with Crippen LogP contribution in [0.3, 0.4) is 0 Å². The van der Waals surface area contributed by atoms with Gasteiger partial charge in [0.2, 0.25) is 0 Å². The molecule has 2 heterocycles. The average Bonchev–Trinajstić information content (AvgIpc) is 3.09. The lowest BCUT2D eigenvalue weighted by Gasteiger charge is -2.23. The summed E-state index contributed by atoms with van der Waals surface area (Å²) in [5.41, 5.74) is 7.21. The van der Waals surface area contributed by atoms with E-state index < -0.39 is 20.2 Å². The van der Waals surface area contributed by atoms with E-state index in [1.54, 1.807) is 0 Å². The molecule has 0 amide bonds. The third kappa shape index (κ3) is 10.4. The van der Waals surface area contributed by atoms with Gasteiger partial charge in [-0.2, -0.15) is 16.8 Å². The van der Waals surface area contributed by atoms with Crippen molar-refractivity contribution in [1.29, 1.82) is 0 Å². The Kier molecular flexibility index (Phi) is 12.0. The van der Waals surface area contributed by atoms with Crippen molar-refractivity contribution in [3.63, 3.8) is 0 Å². The van der Waals surface area contributed by atoms with Gasteiger partial charge in [-0.05, 0) is 86.4 Å². The van der Waals surface area contributed by atoms with E-state index >= 15 is 0 Å². The number of hydrogen-bond donors (Lipinski definition) is 2. The Balaban J connectivity index is 1.29. The van der Waals surface area contributed by atoms with Gasteiger partial charge in [0.15, 0.2) is 0 Å². The van der Waals surface area contributed by atoms with Crippen LogP contribution in [0.25, 0.3) is 46.1 Å². The summed E-state index contributed by atoms with van der Waals surface area (Å²) in [5, 5.41) is 1.99. The quantitative estimate of drug-likeness (QED) is 0.0788. The zero-order valence-corrected chi connectivity index (χ0v) is 29.8. The van der Waals surface area contributed by atoms with Gasteiger partial charge in [-0.25, -0.2) is 9.97 Å². The van der Waals surface area contributed by atoms with E-state index in [-0.39, 0.29) is 11.5 Å². The van der Waals surface area contributed by atoms with Crippen molar-refractivity contribution in [3.05, 3.63) is 107 Å². The third-order valence-electron chi connectivity index (χ3n) is 8.40. The van der Waals surface area contributed by atoms with Crippen LogP contribution >= 0.6 is 0 Å². The van der Waals surface area contributed by atoms with E-state index in [4.69, 9.17) is 19.1 Å². The van der Waals surface area contributed by atoms with Crippen molar-refractivity contribution in [3.8, 4) is 0 Å². The van der Waals surface area contributed by atoms with Crippen molar-refractivity contribution in [2.24, 2.45) is 0 Å². The molecule has 50 heavy (non-hydrogen) atoms. The number of rotatable bonds is 16. The molecule has 0 aliphatic carbocycles. The average molecular weight is 715 g/mol. The third-order valence-corrected chi connectivity index (χ3v) is 10.0. The van der Waals surface area contributed by atoms with Crippen molar-refractivity contribution in [1.82, 2.24) is 9.97 Å². The first-order chi connectivity index (χ1) is 23.9. The van der Waals surface area contributed by atoms with Gasteiger partial charge in [-0.3, -0.25) is 9.11 Å². The molecule has 0 unspecified atom stereocenters. The number of nitrogens with zero attached hydrogens (tertiary/aromatic N) is 4. The molecule has 5 rings (SSSR count). The monoisotopic (exact) mass is 714 g/mol. The lowest BCUT2D eigenvalue weighted by Crippen LogP contribution is -2.25. The molecule has 2 aromatic heterocycles. The van der Waals surface area contributed by atoms with Crippen LogP contribution in [0.5, 0.6) is 0 Å². The van der Waals surface area contributed by atoms with Gasteiger partial charge in [-0.1, -0.05) is 60.7 Å². The molecular weight excluding hydrogens is 673 g/mol. The summed E-state index contributed by atoms with van der Waals surface area (Å²) in [6.45, 7) is 6.52. The van der Waals surface area contributed by atoms with Gasteiger partial charge in [-0.15, -0.1) is 0 Å². The predicted octanol–water partition coefficient (Wildman–Crippen LogP) is 7.33. The Morgan fingerprint density at radius 3 is 1.24 bits per heavy atom. The minimum atomic E-state index is -3.97. The molecule has 12 heteroatoms. The van der Waals surface area contributed by atoms with E-state index in [0.29, 0.717) is 25.9 Å². The van der Waals surface area contributed by atoms with Gasteiger partial charge in [0, 0.05) is 48.3 Å². The summed E-state index contributed by atoms with van der Waals surface area (Å²) in [7, 11) is -7.94. The normalized spacial score (nSPS) is 12.4. The van der Waals surface area contributed by atoms with Gasteiger partial charge in [0.05, 0.1) is 33.9 Å². The lowest BCUT2D eigenvalue weighted by atomic mass is 10.1. The number of aromatic nitrogens is 2. The molecule has 0 spiro atoms. The van der Waals surface area contributed by atoms with Crippen LogP contribution < -0.4 is 9.80 Å². The highest BCUT2D eigenvalue weighted by Crippen LogP contribution is 2.25. The molecular formula is C38H42N4O6S2. The number of hydrogen-bond acceptors (Lipinski definition) is 8. The summed E-state index contributed by atoms with van der Waals surface area (Å²) in [4.78, 5) is 14.1. The fourth-order valence-corrected chi connectivity index (χ4v) is 6.74. The molecule has 10 nitrogen and oxygen atoms in total. The van der Waals surface area contributed by atoms with Gasteiger partial charge >= 0.3 is 0 Å². The van der Waals surface area contributed by atoms with Crippen molar-refractivity contribution in [2.45, 2.75) is 26.7 Å². The molecule has 3 aromatic carbocycles. The van der Waals surface area contributed by atoms with E-state index in [1.807, 2.05) is 123 Å². The first kappa shape index (κ1) is 36.7. The zero-order valence-electron chi connectivity index (χ0n) is 28.2. The first-order valence-corrected chi connectivity index (χ1v) is 19.8. The molecule has 0 bridgehead atoms. The fraction of sp³-hybridized carbons (Fsp3) is 0.263. The predicted molar refractivity (Wildman–Crippen MR) is 206 cm³/mol. The Hall–Kier alpha value is -4.62. The maximum atomic E-state index is 11.1. The fourth-order valence-electron chi connectivity index (χ4n) is 5.75.